The Hall–Kier alpha value is -3.15. The molecule has 0 unspecified atom stereocenters. The van der Waals surface area contributed by atoms with Gasteiger partial charge in [0, 0.05) is 18.3 Å². The number of hydrogen-bond acceptors (Lipinski definition) is 4. The normalized spacial score (nSPS) is 14.1. The first kappa shape index (κ1) is 17.3. The van der Waals surface area contributed by atoms with Crippen LogP contribution in [-0.4, -0.2) is 22.2 Å². The number of amides is 1. The van der Waals surface area contributed by atoms with Gasteiger partial charge in [0.15, 0.2) is 5.76 Å². The van der Waals surface area contributed by atoms with Gasteiger partial charge in [0.25, 0.3) is 11.5 Å². The van der Waals surface area contributed by atoms with Crippen LogP contribution in [0, 0.1) is 0 Å². The Kier molecular flexibility index (Phi) is 4.18. The Labute approximate surface area is 157 Å². The van der Waals surface area contributed by atoms with Gasteiger partial charge in [-0.25, -0.2) is 4.68 Å². The van der Waals surface area contributed by atoms with E-state index >= 15 is 0 Å². The molecule has 3 aromatic rings. The molecule has 0 atom stereocenters. The highest BCUT2D eigenvalue weighted by Gasteiger charge is 2.38. The molecule has 0 radical (unpaired) electrons. The van der Waals surface area contributed by atoms with Crippen molar-refractivity contribution in [1.82, 2.24) is 9.78 Å². The van der Waals surface area contributed by atoms with Gasteiger partial charge in [0.1, 0.15) is 11.2 Å². The molecule has 0 fully saturated rings. The molecule has 2 aromatic heterocycles. The van der Waals surface area contributed by atoms with Gasteiger partial charge in [-0.05, 0) is 56.5 Å². The summed E-state index contributed by atoms with van der Waals surface area (Å²) in [4.78, 5) is 27.7. The lowest BCUT2D eigenvalue weighted by Crippen LogP contribution is -2.52. The number of hydrogen-bond donors (Lipinski definition) is 0. The molecule has 0 saturated heterocycles. The summed E-state index contributed by atoms with van der Waals surface area (Å²) in [5.41, 5.74) is 1.12. The van der Waals surface area contributed by atoms with Crippen molar-refractivity contribution in [3.05, 3.63) is 70.7 Å². The molecule has 0 spiro atoms. The summed E-state index contributed by atoms with van der Waals surface area (Å²) in [6, 6.07) is 14.5. The zero-order valence-electron chi connectivity index (χ0n) is 15.4. The van der Waals surface area contributed by atoms with E-state index in [2.05, 4.69) is 5.10 Å². The molecule has 0 bridgehead atoms. The topological polar surface area (TPSA) is 68.3 Å². The second kappa shape index (κ2) is 6.54. The van der Waals surface area contributed by atoms with Gasteiger partial charge < -0.3 is 9.32 Å². The molecule has 138 valence electrons. The predicted octanol–water partition coefficient (Wildman–Crippen LogP) is 3.22. The number of furan rings is 1. The summed E-state index contributed by atoms with van der Waals surface area (Å²) in [5, 5.41) is 4.42. The van der Waals surface area contributed by atoms with Crippen molar-refractivity contribution >= 4 is 11.6 Å². The van der Waals surface area contributed by atoms with Crippen molar-refractivity contribution in [1.29, 1.82) is 0 Å². The van der Waals surface area contributed by atoms with Crippen LogP contribution >= 0.6 is 0 Å². The average Bonchev–Trinajstić information content (AvgIpc) is 3.22. The van der Waals surface area contributed by atoms with E-state index < -0.39 is 5.54 Å². The van der Waals surface area contributed by atoms with E-state index in [1.807, 2.05) is 24.3 Å². The van der Waals surface area contributed by atoms with Crippen LogP contribution < -0.4 is 10.5 Å². The summed E-state index contributed by atoms with van der Waals surface area (Å²) < 4.78 is 6.63. The number of anilines is 1. The van der Waals surface area contributed by atoms with E-state index in [1.54, 1.807) is 43.2 Å². The third-order valence-corrected chi connectivity index (χ3v) is 4.98. The van der Waals surface area contributed by atoms with Gasteiger partial charge in [-0.1, -0.05) is 18.2 Å². The second-order valence-electron chi connectivity index (χ2n) is 7.19. The van der Waals surface area contributed by atoms with Gasteiger partial charge in [-0.15, -0.1) is 0 Å². The molecule has 0 N–H and O–H groups in total. The van der Waals surface area contributed by atoms with Crippen LogP contribution in [0.15, 0.2) is 64.0 Å². The van der Waals surface area contributed by atoms with Crippen molar-refractivity contribution in [2.24, 2.45) is 0 Å². The van der Waals surface area contributed by atoms with Gasteiger partial charge in [0.05, 0.1) is 6.26 Å². The third-order valence-electron chi connectivity index (χ3n) is 4.98. The number of benzene rings is 1. The smallest absolute Gasteiger partial charge is 0.267 e. The Morgan fingerprint density at radius 1 is 1.11 bits per heavy atom. The maximum atomic E-state index is 13.4. The van der Waals surface area contributed by atoms with Crippen LogP contribution in [0.3, 0.4) is 0 Å². The van der Waals surface area contributed by atoms with Gasteiger partial charge >= 0.3 is 0 Å². The standard InChI is InChI=1S/C21H21N3O3/c1-21(2,20(26)23-13-5-8-15-7-3-4-9-17(15)23)24-19(25)12-11-16(22-24)18-10-6-14-27-18/h3-4,6-7,9-12,14H,5,8,13H2,1-2H3. The molecule has 3 heterocycles. The molecule has 1 aromatic carbocycles. The summed E-state index contributed by atoms with van der Waals surface area (Å²) in [6.45, 7) is 4.09. The van der Waals surface area contributed by atoms with Gasteiger partial charge in [0.2, 0.25) is 0 Å². The molecule has 0 aliphatic carbocycles. The SMILES string of the molecule is CC(C)(C(=O)N1CCCc2ccccc21)n1nc(-c2ccco2)ccc1=O. The predicted molar refractivity (Wildman–Crippen MR) is 103 cm³/mol. The van der Waals surface area contributed by atoms with E-state index in [9.17, 15) is 9.59 Å². The highest BCUT2D eigenvalue weighted by Crippen LogP contribution is 2.30. The Morgan fingerprint density at radius 2 is 1.93 bits per heavy atom. The summed E-state index contributed by atoms with van der Waals surface area (Å²) in [6.07, 6.45) is 3.40. The monoisotopic (exact) mass is 363 g/mol. The molecule has 27 heavy (non-hydrogen) atoms. The van der Waals surface area contributed by atoms with Gasteiger partial charge in [-0.2, -0.15) is 5.10 Å². The minimum atomic E-state index is -1.13. The summed E-state index contributed by atoms with van der Waals surface area (Å²) >= 11 is 0. The zero-order valence-corrected chi connectivity index (χ0v) is 15.4. The fourth-order valence-electron chi connectivity index (χ4n) is 3.53. The Bertz CT molecular complexity index is 1030. The third kappa shape index (κ3) is 2.97. The van der Waals surface area contributed by atoms with Crippen LogP contribution in [0.5, 0.6) is 0 Å². The molecule has 0 saturated carbocycles. The molecule has 4 rings (SSSR count). The Morgan fingerprint density at radius 3 is 2.70 bits per heavy atom. The first-order chi connectivity index (χ1) is 13.0. The van der Waals surface area contributed by atoms with Crippen LogP contribution in [0.25, 0.3) is 11.5 Å². The van der Waals surface area contributed by atoms with E-state index in [0.29, 0.717) is 18.0 Å². The molecular formula is C21H21N3O3. The fourth-order valence-corrected chi connectivity index (χ4v) is 3.53. The lowest BCUT2D eigenvalue weighted by atomic mass is 9.97. The first-order valence-corrected chi connectivity index (χ1v) is 9.03. The molecule has 1 aliphatic rings. The lowest BCUT2D eigenvalue weighted by Gasteiger charge is -2.35. The maximum Gasteiger partial charge on any atom is 0.267 e. The molecule has 1 amide bonds. The van der Waals surface area contributed by atoms with E-state index in [1.165, 1.54) is 10.7 Å². The van der Waals surface area contributed by atoms with E-state index in [-0.39, 0.29) is 11.5 Å². The van der Waals surface area contributed by atoms with Crippen LogP contribution in [0.2, 0.25) is 0 Å². The number of nitrogens with zero attached hydrogens (tertiary/aromatic N) is 3. The number of aryl methyl sites for hydroxylation is 1. The highest BCUT2D eigenvalue weighted by molar-refractivity contribution is 5.99. The number of aromatic nitrogens is 2. The van der Waals surface area contributed by atoms with E-state index in [4.69, 9.17) is 4.42 Å². The summed E-state index contributed by atoms with van der Waals surface area (Å²) in [5.74, 6) is 0.399. The van der Waals surface area contributed by atoms with Crippen molar-refractivity contribution < 1.29 is 9.21 Å². The highest BCUT2D eigenvalue weighted by atomic mass is 16.3. The van der Waals surface area contributed by atoms with E-state index in [0.717, 1.165) is 24.1 Å². The van der Waals surface area contributed by atoms with Crippen LogP contribution in [0.1, 0.15) is 25.8 Å². The average molecular weight is 363 g/mol. The molecule has 6 heteroatoms. The molecule has 1 aliphatic heterocycles. The number of fused-ring (bicyclic) bond motifs is 1. The van der Waals surface area contributed by atoms with Crippen molar-refractivity contribution in [3.63, 3.8) is 0 Å². The van der Waals surface area contributed by atoms with Crippen molar-refractivity contribution in [2.75, 3.05) is 11.4 Å². The number of rotatable bonds is 3. The minimum Gasteiger partial charge on any atom is -0.463 e. The first-order valence-electron chi connectivity index (χ1n) is 9.03. The van der Waals surface area contributed by atoms with Crippen LogP contribution in [-0.2, 0) is 16.8 Å². The molecular weight excluding hydrogens is 342 g/mol. The van der Waals surface area contributed by atoms with Crippen molar-refractivity contribution in [2.45, 2.75) is 32.2 Å². The maximum absolute atomic E-state index is 13.4. The zero-order chi connectivity index (χ0) is 19.0. The summed E-state index contributed by atoms with van der Waals surface area (Å²) in [7, 11) is 0. The largest absolute Gasteiger partial charge is 0.463 e. The quantitative estimate of drug-likeness (QED) is 0.716. The van der Waals surface area contributed by atoms with Gasteiger partial charge in [-0.3, -0.25) is 9.59 Å². The number of carbonyl (C=O) groups excluding carboxylic acids is 1. The van der Waals surface area contributed by atoms with Crippen molar-refractivity contribution in [3.8, 4) is 11.5 Å². The Balaban J connectivity index is 1.75. The molecule has 6 nitrogen and oxygen atoms in total. The fraction of sp³-hybridized carbons (Fsp3) is 0.286. The second-order valence-corrected chi connectivity index (χ2v) is 7.19. The lowest BCUT2D eigenvalue weighted by molar-refractivity contribution is -0.126. The number of carbonyl (C=O) groups is 1. The minimum absolute atomic E-state index is 0.152. The van der Waals surface area contributed by atoms with Crippen LogP contribution in [0.4, 0.5) is 5.69 Å². The number of para-hydroxylation sites is 1.